The molecule has 0 spiro atoms. The summed E-state index contributed by atoms with van der Waals surface area (Å²) in [5.41, 5.74) is 0.583. The Morgan fingerprint density at radius 3 is 2.24 bits per heavy atom. The molecular formula is C12H15NO4. The predicted molar refractivity (Wildman–Crippen MR) is 62.9 cm³/mol. The first-order chi connectivity index (χ1) is 7.91. The minimum atomic E-state index is -0.896. The molecule has 0 bridgehead atoms. The van der Waals surface area contributed by atoms with Gasteiger partial charge in [0.1, 0.15) is 0 Å². The van der Waals surface area contributed by atoms with Gasteiger partial charge < -0.3 is 5.11 Å². The zero-order valence-corrected chi connectivity index (χ0v) is 9.79. The summed E-state index contributed by atoms with van der Waals surface area (Å²) in [6.07, 6.45) is 0.521. The molecule has 17 heavy (non-hydrogen) atoms. The first-order valence-corrected chi connectivity index (χ1v) is 5.39. The van der Waals surface area contributed by atoms with Crippen molar-refractivity contribution in [2.45, 2.75) is 26.2 Å². The molecule has 1 aromatic carbocycles. The number of carbonyl (C=O) groups is 1. The predicted octanol–water partition coefficient (Wildman–Crippen LogP) is 2.81. The van der Waals surface area contributed by atoms with Gasteiger partial charge in [-0.25, -0.2) is 0 Å². The Morgan fingerprint density at radius 2 is 1.88 bits per heavy atom. The average Bonchev–Trinajstić information content (AvgIpc) is 2.25. The maximum absolute atomic E-state index is 11.1. The van der Waals surface area contributed by atoms with Crippen molar-refractivity contribution >= 4 is 11.7 Å². The Labute approximate surface area is 99.2 Å². The molecule has 0 heterocycles. The monoisotopic (exact) mass is 237 g/mol. The van der Waals surface area contributed by atoms with Crippen LogP contribution in [-0.2, 0) is 4.79 Å². The first kappa shape index (κ1) is 13.2. The Morgan fingerprint density at radius 1 is 1.35 bits per heavy atom. The standard InChI is InChI=1S/C12H15NO4/c1-8(2)7-11(12(14)15)9-3-5-10(6-4-9)13(16)17/h3-6,8,11H,7H2,1-2H3,(H,14,15). The Bertz CT molecular complexity index is 411. The second-order valence-corrected chi connectivity index (χ2v) is 4.37. The van der Waals surface area contributed by atoms with Crippen molar-refractivity contribution in [3.63, 3.8) is 0 Å². The van der Waals surface area contributed by atoms with Gasteiger partial charge in [-0.3, -0.25) is 14.9 Å². The fourth-order valence-electron chi connectivity index (χ4n) is 1.68. The summed E-state index contributed by atoms with van der Waals surface area (Å²) in [6, 6.07) is 5.70. The highest BCUT2D eigenvalue weighted by Crippen LogP contribution is 2.25. The van der Waals surface area contributed by atoms with Crippen molar-refractivity contribution < 1.29 is 14.8 Å². The summed E-state index contributed by atoms with van der Waals surface area (Å²) in [7, 11) is 0. The van der Waals surface area contributed by atoms with E-state index in [-0.39, 0.29) is 11.6 Å². The highest BCUT2D eigenvalue weighted by molar-refractivity contribution is 5.76. The number of carboxylic acid groups (broad SMARTS) is 1. The molecule has 1 N–H and O–H groups in total. The van der Waals surface area contributed by atoms with E-state index in [4.69, 9.17) is 5.11 Å². The number of aliphatic carboxylic acids is 1. The van der Waals surface area contributed by atoms with E-state index in [1.54, 1.807) is 0 Å². The van der Waals surface area contributed by atoms with E-state index in [1.165, 1.54) is 24.3 Å². The number of rotatable bonds is 5. The number of benzene rings is 1. The zero-order chi connectivity index (χ0) is 13.0. The molecule has 1 unspecified atom stereocenters. The van der Waals surface area contributed by atoms with Gasteiger partial charge in [0.05, 0.1) is 10.8 Å². The van der Waals surface area contributed by atoms with Crippen molar-refractivity contribution in [2.75, 3.05) is 0 Å². The third-order valence-corrected chi connectivity index (χ3v) is 2.51. The van der Waals surface area contributed by atoms with Crippen LogP contribution in [0.4, 0.5) is 5.69 Å². The second kappa shape index (κ2) is 5.43. The Hall–Kier alpha value is -1.91. The molecule has 1 atom stereocenters. The summed E-state index contributed by atoms with van der Waals surface area (Å²) >= 11 is 0. The fraction of sp³-hybridized carbons (Fsp3) is 0.417. The van der Waals surface area contributed by atoms with Gasteiger partial charge in [0, 0.05) is 12.1 Å². The smallest absolute Gasteiger partial charge is 0.310 e. The lowest BCUT2D eigenvalue weighted by Gasteiger charge is -2.14. The third kappa shape index (κ3) is 3.55. The van der Waals surface area contributed by atoms with Crippen molar-refractivity contribution in [3.05, 3.63) is 39.9 Å². The van der Waals surface area contributed by atoms with E-state index in [9.17, 15) is 14.9 Å². The zero-order valence-electron chi connectivity index (χ0n) is 9.79. The van der Waals surface area contributed by atoms with Gasteiger partial charge in [0.25, 0.3) is 5.69 Å². The van der Waals surface area contributed by atoms with Gasteiger partial charge in [0.15, 0.2) is 0 Å². The van der Waals surface area contributed by atoms with Gasteiger partial charge in [-0.05, 0) is 17.9 Å². The minimum Gasteiger partial charge on any atom is -0.481 e. The molecule has 0 fully saturated rings. The number of hydrogen-bond acceptors (Lipinski definition) is 3. The molecule has 5 heteroatoms. The maximum Gasteiger partial charge on any atom is 0.310 e. The number of carboxylic acids is 1. The lowest BCUT2D eigenvalue weighted by Crippen LogP contribution is -2.14. The SMILES string of the molecule is CC(C)CC(C(=O)O)c1ccc([N+](=O)[O-])cc1. The van der Waals surface area contributed by atoms with E-state index >= 15 is 0 Å². The molecule has 1 aromatic rings. The highest BCUT2D eigenvalue weighted by atomic mass is 16.6. The van der Waals surface area contributed by atoms with Gasteiger partial charge >= 0.3 is 5.97 Å². The van der Waals surface area contributed by atoms with Crippen molar-refractivity contribution in [3.8, 4) is 0 Å². The fourth-order valence-corrected chi connectivity index (χ4v) is 1.68. The molecule has 0 aliphatic carbocycles. The van der Waals surface area contributed by atoms with Crippen LogP contribution in [0.1, 0.15) is 31.7 Å². The largest absolute Gasteiger partial charge is 0.481 e. The van der Waals surface area contributed by atoms with Crippen LogP contribution < -0.4 is 0 Å². The number of non-ortho nitro benzene ring substituents is 1. The molecule has 0 saturated heterocycles. The van der Waals surface area contributed by atoms with Crippen LogP contribution >= 0.6 is 0 Å². The van der Waals surface area contributed by atoms with E-state index in [1.807, 2.05) is 13.8 Å². The summed E-state index contributed by atoms with van der Waals surface area (Å²) in [6.45, 7) is 3.89. The van der Waals surface area contributed by atoms with Crippen LogP contribution in [0.15, 0.2) is 24.3 Å². The molecule has 0 amide bonds. The van der Waals surface area contributed by atoms with Gasteiger partial charge in [-0.1, -0.05) is 26.0 Å². The number of nitrogens with zero attached hydrogens (tertiary/aromatic N) is 1. The molecule has 0 radical (unpaired) electrons. The highest BCUT2D eigenvalue weighted by Gasteiger charge is 2.21. The minimum absolute atomic E-state index is 0.0255. The average molecular weight is 237 g/mol. The lowest BCUT2D eigenvalue weighted by molar-refractivity contribution is -0.384. The molecule has 0 aliphatic rings. The molecule has 1 rings (SSSR count). The van der Waals surface area contributed by atoms with Crippen LogP contribution in [0.2, 0.25) is 0 Å². The van der Waals surface area contributed by atoms with Crippen molar-refractivity contribution in [2.24, 2.45) is 5.92 Å². The van der Waals surface area contributed by atoms with Gasteiger partial charge in [-0.2, -0.15) is 0 Å². The number of nitro groups is 1. The van der Waals surface area contributed by atoms with Crippen molar-refractivity contribution in [1.82, 2.24) is 0 Å². The Kier molecular flexibility index (Phi) is 4.20. The quantitative estimate of drug-likeness (QED) is 0.630. The van der Waals surface area contributed by atoms with Crippen LogP contribution in [-0.4, -0.2) is 16.0 Å². The van der Waals surface area contributed by atoms with Crippen LogP contribution in [0.25, 0.3) is 0 Å². The normalized spacial score (nSPS) is 12.4. The molecule has 0 aliphatic heterocycles. The van der Waals surface area contributed by atoms with Crippen LogP contribution in [0, 0.1) is 16.0 Å². The molecular weight excluding hydrogens is 222 g/mol. The van der Waals surface area contributed by atoms with Gasteiger partial charge in [-0.15, -0.1) is 0 Å². The Balaban J connectivity index is 2.95. The first-order valence-electron chi connectivity index (χ1n) is 5.39. The van der Waals surface area contributed by atoms with E-state index in [2.05, 4.69) is 0 Å². The molecule has 0 saturated carbocycles. The number of nitro benzene ring substituents is 1. The second-order valence-electron chi connectivity index (χ2n) is 4.37. The third-order valence-electron chi connectivity index (χ3n) is 2.51. The van der Waals surface area contributed by atoms with Crippen molar-refractivity contribution in [1.29, 1.82) is 0 Å². The summed E-state index contributed by atoms with van der Waals surface area (Å²) in [4.78, 5) is 21.1. The van der Waals surface area contributed by atoms with Crippen LogP contribution in [0.3, 0.4) is 0 Å². The molecule has 0 aromatic heterocycles. The maximum atomic E-state index is 11.1. The molecule has 5 nitrogen and oxygen atoms in total. The summed E-state index contributed by atoms with van der Waals surface area (Å²) in [5, 5.41) is 19.6. The van der Waals surface area contributed by atoms with E-state index < -0.39 is 16.8 Å². The van der Waals surface area contributed by atoms with Gasteiger partial charge in [0.2, 0.25) is 0 Å². The lowest BCUT2D eigenvalue weighted by atomic mass is 9.90. The topological polar surface area (TPSA) is 80.4 Å². The number of hydrogen-bond donors (Lipinski definition) is 1. The van der Waals surface area contributed by atoms with E-state index in [0.717, 1.165) is 0 Å². The van der Waals surface area contributed by atoms with Crippen LogP contribution in [0.5, 0.6) is 0 Å². The summed E-state index contributed by atoms with van der Waals surface area (Å²) in [5.74, 6) is -1.24. The summed E-state index contributed by atoms with van der Waals surface area (Å²) < 4.78 is 0. The molecule has 92 valence electrons. The van der Waals surface area contributed by atoms with E-state index in [0.29, 0.717) is 12.0 Å².